The maximum atomic E-state index is 12.9. The maximum absolute atomic E-state index is 12.9. The number of amides is 2. The first-order chi connectivity index (χ1) is 9.91. The van der Waals surface area contributed by atoms with E-state index in [1.807, 2.05) is 11.8 Å². The van der Waals surface area contributed by atoms with Crippen LogP contribution >= 0.6 is 0 Å². The number of carbonyl (C=O) groups is 2. The minimum Gasteiger partial charge on any atom is -0.480 e. The van der Waals surface area contributed by atoms with Crippen LogP contribution in [0.25, 0.3) is 0 Å². The number of likely N-dealkylation sites (tertiary alicyclic amines) is 1. The molecule has 5 heteroatoms. The molecule has 1 saturated carbocycles. The number of urea groups is 1. The third-order valence-corrected chi connectivity index (χ3v) is 4.77. The molecule has 1 aliphatic heterocycles. The average Bonchev–Trinajstić information content (AvgIpc) is 3.03. The lowest BCUT2D eigenvalue weighted by atomic mass is 10.0. The van der Waals surface area contributed by atoms with Crippen LogP contribution in [0.15, 0.2) is 0 Å². The molecule has 2 atom stereocenters. The van der Waals surface area contributed by atoms with E-state index in [1.165, 1.54) is 12.8 Å². The predicted molar refractivity (Wildman–Crippen MR) is 81.1 cm³/mol. The standard InChI is InChI=1S/C16H28N2O3/c1-11(2)10-18(13-6-4-5-7-13)16(21)17-9-8-12(3)14(17)15(19)20/h11-14H,4-10H2,1-3H3,(H,19,20). The van der Waals surface area contributed by atoms with Crippen LogP contribution in [-0.4, -0.2) is 52.1 Å². The van der Waals surface area contributed by atoms with E-state index in [-0.39, 0.29) is 11.9 Å². The van der Waals surface area contributed by atoms with Gasteiger partial charge in [-0.05, 0) is 31.1 Å². The molecule has 0 aromatic heterocycles. The zero-order valence-electron chi connectivity index (χ0n) is 13.4. The second kappa shape index (κ2) is 6.67. The van der Waals surface area contributed by atoms with Crippen molar-refractivity contribution < 1.29 is 14.7 Å². The van der Waals surface area contributed by atoms with Gasteiger partial charge in [-0.2, -0.15) is 0 Å². The quantitative estimate of drug-likeness (QED) is 0.867. The number of hydrogen-bond acceptors (Lipinski definition) is 2. The van der Waals surface area contributed by atoms with Crippen molar-refractivity contribution in [2.75, 3.05) is 13.1 Å². The van der Waals surface area contributed by atoms with E-state index < -0.39 is 12.0 Å². The topological polar surface area (TPSA) is 60.9 Å². The number of rotatable bonds is 4. The second-order valence-electron chi connectivity index (χ2n) is 7.01. The van der Waals surface area contributed by atoms with Crippen LogP contribution in [0.2, 0.25) is 0 Å². The molecule has 0 aromatic rings. The molecule has 2 rings (SSSR count). The number of aliphatic carboxylic acids is 1. The molecule has 2 fully saturated rings. The number of hydrogen-bond donors (Lipinski definition) is 1. The summed E-state index contributed by atoms with van der Waals surface area (Å²) in [5.41, 5.74) is 0. The number of carboxylic acid groups (broad SMARTS) is 1. The number of carboxylic acids is 1. The lowest BCUT2D eigenvalue weighted by molar-refractivity contribution is -0.142. The predicted octanol–water partition coefficient (Wildman–Crippen LogP) is 2.80. The summed E-state index contributed by atoms with van der Waals surface area (Å²) in [7, 11) is 0. The zero-order chi connectivity index (χ0) is 15.6. The van der Waals surface area contributed by atoms with Gasteiger partial charge in [-0.15, -0.1) is 0 Å². The Morgan fingerprint density at radius 2 is 1.86 bits per heavy atom. The van der Waals surface area contributed by atoms with Gasteiger partial charge in [-0.1, -0.05) is 33.6 Å². The highest BCUT2D eigenvalue weighted by atomic mass is 16.4. The third-order valence-electron chi connectivity index (χ3n) is 4.77. The van der Waals surface area contributed by atoms with E-state index in [2.05, 4.69) is 13.8 Å². The van der Waals surface area contributed by atoms with Crippen molar-refractivity contribution in [3.8, 4) is 0 Å². The molecule has 120 valence electrons. The Morgan fingerprint density at radius 1 is 1.24 bits per heavy atom. The van der Waals surface area contributed by atoms with E-state index in [0.717, 1.165) is 25.8 Å². The summed E-state index contributed by atoms with van der Waals surface area (Å²) in [6, 6.07) is -0.425. The van der Waals surface area contributed by atoms with Gasteiger partial charge >= 0.3 is 12.0 Å². The average molecular weight is 296 g/mol. The molecule has 2 amide bonds. The van der Waals surface area contributed by atoms with Gasteiger partial charge in [0.05, 0.1) is 0 Å². The summed E-state index contributed by atoms with van der Waals surface area (Å²) < 4.78 is 0. The van der Waals surface area contributed by atoms with E-state index in [9.17, 15) is 14.7 Å². The summed E-state index contributed by atoms with van der Waals surface area (Å²) in [6.45, 7) is 7.43. The van der Waals surface area contributed by atoms with Gasteiger partial charge in [0.15, 0.2) is 0 Å². The Hall–Kier alpha value is -1.26. The number of carbonyl (C=O) groups excluding carboxylic acids is 1. The van der Waals surface area contributed by atoms with Gasteiger partial charge in [0.2, 0.25) is 0 Å². The van der Waals surface area contributed by atoms with Crippen molar-refractivity contribution in [1.29, 1.82) is 0 Å². The highest BCUT2D eigenvalue weighted by Gasteiger charge is 2.42. The summed E-state index contributed by atoms with van der Waals surface area (Å²) >= 11 is 0. The van der Waals surface area contributed by atoms with Gasteiger partial charge in [0.1, 0.15) is 6.04 Å². The van der Waals surface area contributed by atoms with Gasteiger partial charge in [-0.25, -0.2) is 9.59 Å². The first-order valence-electron chi connectivity index (χ1n) is 8.21. The van der Waals surface area contributed by atoms with Crippen LogP contribution in [-0.2, 0) is 4.79 Å². The van der Waals surface area contributed by atoms with Crippen LogP contribution in [0, 0.1) is 11.8 Å². The molecule has 1 heterocycles. The van der Waals surface area contributed by atoms with Crippen LogP contribution in [0.4, 0.5) is 4.79 Å². The Labute approximate surface area is 127 Å². The fourth-order valence-electron chi connectivity index (χ4n) is 3.70. The lowest BCUT2D eigenvalue weighted by Crippen LogP contribution is -2.52. The molecule has 1 saturated heterocycles. The van der Waals surface area contributed by atoms with Gasteiger partial charge in [0.25, 0.3) is 0 Å². The first-order valence-corrected chi connectivity index (χ1v) is 8.21. The highest BCUT2D eigenvalue weighted by Crippen LogP contribution is 2.29. The molecule has 21 heavy (non-hydrogen) atoms. The van der Waals surface area contributed by atoms with Crippen LogP contribution in [0.5, 0.6) is 0 Å². The van der Waals surface area contributed by atoms with E-state index >= 15 is 0 Å². The first kappa shape index (κ1) is 16.1. The molecule has 5 nitrogen and oxygen atoms in total. The molecule has 0 radical (unpaired) electrons. The van der Waals surface area contributed by atoms with Gasteiger partial charge < -0.3 is 14.9 Å². The minimum absolute atomic E-state index is 0.0379. The molecular formula is C16H28N2O3. The van der Waals surface area contributed by atoms with E-state index in [1.54, 1.807) is 4.90 Å². The summed E-state index contributed by atoms with van der Waals surface area (Å²) in [5.74, 6) is -0.432. The maximum Gasteiger partial charge on any atom is 0.326 e. The molecular weight excluding hydrogens is 268 g/mol. The van der Waals surface area contributed by atoms with Crippen molar-refractivity contribution in [2.45, 2.75) is 65.0 Å². The Balaban J connectivity index is 2.14. The molecule has 1 N–H and O–H groups in total. The van der Waals surface area contributed by atoms with Crippen molar-refractivity contribution in [3.05, 3.63) is 0 Å². The Kier molecular flexibility index (Phi) is 5.12. The lowest BCUT2D eigenvalue weighted by Gasteiger charge is -2.36. The molecule has 0 spiro atoms. The van der Waals surface area contributed by atoms with Gasteiger partial charge in [-0.3, -0.25) is 0 Å². The largest absolute Gasteiger partial charge is 0.480 e. The van der Waals surface area contributed by atoms with Crippen molar-refractivity contribution >= 4 is 12.0 Å². The number of nitrogens with zero attached hydrogens (tertiary/aromatic N) is 2. The summed E-state index contributed by atoms with van der Waals surface area (Å²) in [5, 5.41) is 9.42. The fourth-order valence-corrected chi connectivity index (χ4v) is 3.70. The summed E-state index contributed by atoms with van der Waals surface area (Å²) in [4.78, 5) is 27.9. The van der Waals surface area contributed by atoms with Crippen molar-refractivity contribution in [3.63, 3.8) is 0 Å². The third kappa shape index (κ3) is 3.50. The van der Waals surface area contributed by atoms with Crippen molar-refractivity contribution in [1.82, 2.24) is 9.80 Å². The second-order valence-corrected chi connectivity index (χ2v) is 7.01. The fraction of sp³-hybridized carbons (Fsp3) is 0.875. The van der Waals surface area contributed by atoms with Crippen LogP contribution < -0.4 is 0 Å². The molecule has 0 bridgehead atoms. The molecule has 2 aliphatic rings. The molecule has 2 unspecified atom stereocenters. The normalized spacial score (nSPS) is 26.6. The van der Waals surface area contributed by atoms with E-state index in [4.69, 9.17) is 0 Å². The smallest absolute Gasteiger partial charge is 0.326 e. The monoisotopic (exact) mass is 296 g/mol. The zero-order valence-corrected chi connectivity index (χ0v) is 13.4. The Morgan fingerprint density at radius 3 is 2.38 bits per heavy atom. The minimum atomic E-state index is -0.871. The SMILES string of the molecule is CC(C)CN(C(=O)N1CCC(C)C1C(=O)O)C1CCCC1. The summed E-state index contributed by atoms with van der Waals surface area (Å²) in [6.07, 6.45) is 5.23. The molecule has 0 aromatic carbocycles. The highest BCUT2D eigenvalue weighted by molar-refractivity contribution is 5.83. The Bertz CT molecular complexity index is 391. The van der Waals surface area contributed by atoms with Gasteiger partial charge in [0, 0.05) is 19.1 Å². The van der Waals surface area contributed by atoms with Crippen LogP contribution in [0.1, 0.15) is 52.9 Å². The van der Waals surface area contributed by atoms with Crippen molar-refractivity contribution in [2.24, 2.45) is 11.8 Å². The van der Waals surface area contributed by atoms with Crippen LogP contribution in [0.3, 0.4) is 0 Å². The molecule has 1 aliphatic carbocycles. The van der Waals surface area contributed by atoms with E-state index in [0.29, 0.717) is 18.5 Å².